The van der Waals surface area contributed by atoms with Gasteiger partial charge in [-0.25, -0.2) is 4.39 Å². The second-order valence-corrected chi connectivity index (χ2v) is 5.65. The fourth-order valence-corrected chi connectivity index (χ4v) is 2.94. The summed E-state index contributed by atoms with van der Waals surface area (Å²) in [5.74, 6) is -0.428. The number of nitrogens with one attached hydrogen (secondary N) is 1. The van der Waals surface area contributed by atoms with Gasteiger partial charge in [-0.1, -0.05) is 36.4 Å². The molecule has 0 saturated heterocycles. The van der Waals surface area contributed by atoms with E-state index in [1.54, 1.807) is 12.1 Å². The van der Waals surface area contributed by atoms with E-state index in [-0.39, 0.29) is 24.2 Å². The molecule has 2 atom stereocenters. The first-order valence-electron chi connectivity index (χ1n) is 7.43. The lowest BCUT2D eigenvalue weighted by molar-refractivity contribution is -0.122. The number of halogens is 1. The number of carbonyl (C=O) groups is 1. The molecular weight excluding hydrogens is 281 g/mol. The molecule has 3 rings (SSSR count). The molecule has 0 saturated carbocycles. The second kappa shape index (κ2) is 6.28. The van der Waals surface area contributed by atoms with Crippen molar-refractivity contribution in [3.63, 3.8) is 0 Å². The van der Waals surface area contributed by atoms with Crippen LogP contribution in [0.1, 0.15) is 29.2 Å². The van der Waals surface area contributed by atoms with E-state index in [2.05, 4.69) is 5.32 Å². The Bertz CT molecular complexity index is 686. The van der Waals surface area contributed by atoms with Crippen LogP contribution in [-0.4, -0.2) is 17.1 Å². The summed E-state index contributed by atoms with van der Waals surface area (Å²) in [6.45, 7) is 0. The first kappa shape index (κ1) is 14.7. The Hall–Kier alpha value is -2.20. The number of benzene rings is 2. The molecule has 1 aliphatic rings. The Balaban J connectivity index is 1.60. The van der Waals surface area contributed by atoms with Crippen molar-refractivity contribution in [2.45, 2.75) is 31.4 Å². The zero-order valence-electron chi connectivity index (χ0n) is 12.1. The molecule has 0 aliphatic heterocycles. The predicted octanol–water partition coefficient (Wildman–Crippen LogP) is 2.53. The lowest BCUT2D eigenvalue weighted by atomic mass is 10.1. The van der Waals surface area contributed by atoms with E-state index in [4.69, 9.17) is 0 Å². The first-order chi connectivity index (χ1) is 10.6. The average Bonchev–Trinajstić information content (AvgIpc) is 2.81. The van der Waals surface area contributed by atoms with Crippen LogP contribution in [0.5, 0.6) is 0 Å². The summed E-state index contributed by atoms with van der Waals surface area (Å²) in [7, 11) is 0. The first-order valence-corrected chi connectivity index (χ1v) is 7.43. The molecule has 4 heteroatoms. The second-order valence-electron chi connectivity index (χ2n) is 5.65. The molecule has 0 unspecified atom stereocenters. The minimum Gasteiger partial charge on any atom is -0.390 e. The Morgan fingerprint density at radius 3 is 2.86 bits per heavy atom. The molecule has 1 amide bonds. The lowest BCUT2D eigenvalue weighted by Gasteiger charge is -2.18. The minimum atomic E-state index is -0.587. The highest BCUT2D eigenvalue weighted by Gasteiger charge is 2.31. The van der Waals surface area contributed by atoms with Gasteiger partial charge < -0.3 is 10.4 Å². The number of rotatable bonds is 4. The summed E-state index contributed by atoms with van der Waals surface area (Å²) in [6.07, 6.45) is 0.726. The van der Waals surface area contributed by atoms with Gasteiger partial charge in [0.05, 0.1) is 12.1 Å². The molecular formula is C18H18FNO2. The van der Waals surface area contributed by atoms with Gasteiger partial charge in [-0.05, 0) is 35.2 Å². The van der Waals surface area contributed by atoms with Crippen LogP contribution in [-0.2, 0) is 17.6 Å². The molecule has 3 nitrogen and oxygen atoms in total. The van der Waals surface area contributed by atoms with Crippen molar-refractivity contribution in [2.75, 3.05) is 0 Å². The maximum absolute atomic E-state index is 13.1. The lowest BCUT2D eigenvalue weighted by Crippen LogP contribution is -2.33. The molecule has 114 valence electrons. The van der Waals surface area contributed by atoms with Crippen molar-refractivity contribution in [3.8, 4) is 0 Å². The van der Waals surface area contributed by atoms with Crippen LogP contribution in [0.25, 0.3) is 0 Å². The van der Waals surface area contributed by atoms with Gasteiger partial charge in [-0.3, -0.25) is 4.79 Å². The van der Waals surface area contributed by atoms with Crippen molar-refractivity contribution in [2.24, 2.45) is 0 Å². The van der Waals surface area contributed by atoms with Crippen LogP contribution in [0.4, 0.5) is 4.39 Å². The Labute approximate surface area is 128 Å². The van der Waals surface area contributed by atoms with Crippen LogP contribution in [0.3, 0.4) is 0 Å². The van der Waals surface area contributed by atoms with Gasteiger partial charge in [0.15, 0.2) is 0 Å². The van der Waals surface area contributed by atoms with Gasteiger partial charge in [0.1, 0.15) is 5.82 Å². The average molecular weight is 299 g/mol. The number of fused-ring (bicyclic) bond motifs is 1. The highest BCUT2D eigenvalue weighted by atomic mass is 19.1. The number of amides is 1. The van der Waals surface area contributed by atoms with E-state index < -0.39 is 6.10 Å². The monoisotopic (exact) mass is 299 g/mol. The van der Waals surface area contributed by atoms with Crippen molar-refractivity contribution < 1.29 is 14.3 Å². The van der Waals surface area contributed by atoms with Gasteiger partial charge in [-0.15, -0.1) is 0 Å². The van der Waals surface area contributed by atoms with Crippen LogP contribution >= 0.6 is 0 Å². The van der Waals surface area contributed by atoms with Crippen molar-refractivity contribution in [1.29, 1.82) is 0 Å². The SMILES string of the molecule is O=C(CCc1cccc(F)c1)N[C@H]1c2ccccc2C[C@@H]1O. The molecule has 0 bridgehead atoms. The van der Waals surface area contributed by atoms with E-state index in [9.17, 15) is 14.3 Å². The quantitative estimate of drug-likeness (QED) is 0.911. The maximum Gasteiger partial charge on any atom is 0.220 e. The minimum absolute atomic E-state index is 0.134. The van der Waals surface area contributed by atoms with Crippen molar-refractivity contribution >= 4 is 5.91 Å². The summed E-state index contributed by atoms with van der Waals surface area (Å²) in [4.78, 5) is 12.1. The summed E-state index contributed by atoms with van der Waals surface area (Å²) in [5.41, 5.74) is 2.85. The molecule has 2 N–H and O–H groups in total. The number of hydrogen-bond acceptors (Lipinski definition) is 2. The van der Waals surface area contributed by atoms with Crippen molar-refractivity contribution in [3.05, 3.63) is 71.0 Å². The molecule has 2 aromatic rings. The molecule has 22 heavy (non-hydrogen) atoms. The van der Waals surface area contributed by atoms with Gasteiger partial charge in [-0.2, -0.15) is 0 Å². The van der Waals surface area contributed by atoms with Crippen LogP contribution < -0.4 is 5.32 Å². The number of carbonyl (C=O) groups excluding carboxylic acids is 1. The normalized spacial score (nSPS) is 19.7. The summed E-state index contributed by atoms with van der Waals surface area (Å²) in [6, 6.07) is 13.7. The summed E-state index contributed by atoms with van der Waals surface area (Å²) in [5, 5.41) is 13.0. The third kappa shape index (κ3) is 3.17. The van der Waals surface area contributed by atoms with E-state index in [1.165, 1.54) is 12.1 Å². The van der Waals surface area contributed by atoms with Crippen LogP contribution in [0.2, 0.25) is 0 Å². The third-order valence-electron chi connectivity index (χ3n) is 4.05. The number of aliphatic hydroxyl groups is 1. The van der Waals surface area contributed by atoms with Gasteiger partial charge in [0.25, 0.3) is 0 Å². The molecule has 1 aliphatic carbocycles. The summed E-state index contributed by atoms with van der Waals surface area (Å²) >= 11 is 0. The fraction of sp³-hybridized carbons (Fsp3) is 0.278. The third-order valence-corrected chi connectivity index (χ3v) is 4.05. The highest BCUT2D eigenvalue weighted by molar-refractivity contribution is 5.77. The smallest absolute Gasteiger partial charge is 0.220 e. The Morgan fingerprint density at radius 2 is 2.05 bits per heavy atom. The summed E-state index contributed by atoms with van der Waals surface area (Å²) < 4.78 is 13.1. The molecule has 0 radical (unpaired) electrons. The number of aryl methyl sites for hydroxylation is 1. The molecule has 2 aromatic carbocycles. The highest BCUT2D eigenvalue weighted by Crippen LogP contribution is 2.31. The fourth-order valence-electron chi connectivity index (χ4n) is 2.94. The maximum atomic E-state index is 13.1. The molecule has 0 spiro atoms. The zero-order valence-corrected chi connectivity index (χ0v) is 12.1. The van der Waals surface area contributed by atoms with Crippen LogP contribution in [0.15, 0.2) is 48.5 Å². The van der Waals surface area contributed by atoms with Crippen molar-refractivity contribution in [1.82, 2.24) is 5.32 Å². The topological polar surface area (TPSA) is 49.3 Å². The molecule has 0 fully saturated rings. The van der Waals surface area contributed by atoms with Crippen LogP contribution in [0, 0.1) is 5.82 Å². The zero-order chi connectivity index (χ0) is 15.5. The predicted molar refractivity (Wildman–Crippen MR) is 81.8 cm³/mol. The van der Waals surface area contributed by atoms with Gasteiger partial charge >= 0.3 is 0 Å². The number of hydrogen-bond donors (Lipinski definition) is 2. The largest absolute Gasteiger partial charge is 0.390 e. The Kier molecular flexibility index (Phi) is 4.20. The van der Waals surface area contributed by atoms with E-state index in [1.807, 2.05) is 24.3 Å². The van der Waals surface area contributed by atoms with Gasteiger partial charge in [0, 0.05) is 12.8 Å². The standard InChI is InChI=1S/C18H18FNO2/c19-14-6-3-4-12(10-14)8-9-17(22)20-18-15-7-2-1-5-13(15)11-16(18)21/h1-7,10,16,18,21H,8-9,11H2,(H,20,22)/t16-,18-/m0/s1. The van der Waals surface area contributed by atoms with E-state index >= 15 is 0 Å². The Morgan fingerprint density at radius 1 is 1.23 bits per heavy atom. The molecule has 0 aromatic heterocycles. The van der Waals surface area contributed by atoms with E-state index in [0.717, 1.165) is 16.7 Å². The van der Waals surface area contributed by atoms with E-state index in [0.29, 0.717) is 12.8 Å². The van der Waals surface area contributed by atoms with Gasteiger partial charge in [0.2, 0.25) is 5.91 Å². The molecule has 0 heterocycles. The number of aliphatic hydroxyl groups excluding tert-OH is 1.